The van der Waals surface area contributed by atoms with E-state index in [4.69, 9.17) is 10.9 Å². The summed E-state index contributed by atoms with van der Waals surface area (Å²) in [6.45, 7) is 5.92. The van der Waals surface area contributed by atoms with Crippen molar-refractivity contribution in [3.05, 3.63) is 0 Å². The second-order valence-electron chi connectivity index (χ2n) is 5.30. The van der Waals surface area contributed by atoms with E-state index in [1.807, 2.05) is 20.8 Å². The monoisotopic (exact) mass is 241 g/mol. The first-order valence-corrected chi connectivity index (χ1v) is 6.23. The zero-order chi connectivity index (χ0) is 13.1. The van der Waals surface area contributed by atoms with E-state index < -0.39 is 5.54 Å². The Morgan fingerprint density at radius 1 is 1.35 bits per heavy atom. The summed E-state index contributed by atoms with van der Waals surface area (Å²) in [6, 6.07) is 0. The number of amidine groups is 1. The Labute approximate surface area is 102 Å². The number of nitrogens with two attached hydrogens (primary N) is 1. The molecule has 4 N–H and O–H groups in total. The van der Waals surface area contributed by atoms with Gasteiger partial charge in [0.25, 0.3) is 0 Å². The maximum Gasteiger partial charge on any atom is 0.223 e. The highest BCUT2D eigenvalue weighted by atomic mass is 16.4. The summed E-state index contributed by atoms with van der Waals surface area (Å²) in [7, 11) is 0. The maximum atomic E-state index is 12.1. The predicted octanol–water partition coefficient (Wildman–Crippen LogP) is 1.45. The summed E-state index contributed by atoms with van der Waals surface area (Å²) < 4.78 is 0. The lowest BCUT2D eigenvalue weighted by Crippen LogP contribution is -2.57. The molecule has 1 unspecified atom stereocenters. The summed E-state index contributed by atoms with van der Waals surface area (Å²) in [6.07, 6.45) is 3.48. The normalized spacial score (nSPS) is 21.5. The molecule has 1 atom stereocenters. The average molecular weight is 241 g/mol. The van der Waals surface area contributed by atoms with Gasteiger partial charge in [-0.3, -0.25) is 4.79 Å². The van der Waals surface area contributed by atoms with Crippen LogP contribution in [0.4, 0.5) is 0 Å². The first-order valence-electron chi connectivity index (χ1n) is 6.23. The molecule has 0 spiro atoms. The summed E-state index contributed by atoms with van der Waals surface area (Å²) >= 11 is 0. The molecule has 1 aliphatic rings. The van der Waals surface area contributed by atoms with Crippen molar-refractivity contribution in [1.29, 1.82) is 0 Å². The first-order chi connectivity index (χ1) is 7.93. The lowest BCUT2D eigenvalue weighted by atomic mass is 9.92. The van der Waals surface area contributed by atoms with Crippen LogP contribution in [-0.2, 0) is 4.79 Å². The van der Waals surface area contributed by atoms with Crippen molar-refractivity contribution in [2.24, 2.45) is 22.7 Å². The average Bonchev–Trinajstić information content (AvgIpc) is 2.76. The lowest BCUT2D eigenvalue weighted by molar-refractivity contribution is -0.126. The molecule has 98 valence electrons. The Balaban J connectivity index is 2.78. The molecular formula is C12H23N3O2. The van der Waals surface area contributed by atoms with Crippen molar-refractivity contribution in [2.45, 2.75) is 52.0 Å². The van der Waals surface area contributed by atoms with Crippen LogP contribution in [0, 0.1) is 11.8 Å². The number of carbonyl (C=O) groups excluding carboxylic acids is 1. The van der Waals surface area contributed by atoms with Crippen molar-refractivity contribution >= 4 is 11.7 Å². The molecule has 1 saturated carbocycles. The standard InChI is InChI=1S/C12H23N3O2/c1-8(2)9(3)10(16)14-12(11(13)15-17)6-4-5-7-12/h8-9,17H,4-7H2,1-3H3,(H2,13,15)(H,14,16). The van der Waals surface area contributed by atoms with Crippen LogP contribution < -0.4 is 11.1 Å². The molecule has 0 saturated heterocycles. The van der Waals surface area contributed by atoms with E-state index in [2.05, 4.69) is 10.5 Å². The number of hydrogen-bond acceptors (Lipinski definition) is 3. The molecule has 0 aromatic rings. The summed E-state index contributed by atoms with van der Waals surface area (Å²) in [4.78, 5) is 12.1. The van der Waals surface area contributed by atoms with E-state index in [1.165, 1.54) is 0 Å². The van der Waals surface area contributed by atoms with Crippen molar-refractivity contribution in [1.82, 2.24) is 5.32 Å². The third-order valence-electron chi connectivity index (χ3n) is 3.83. The van der Waals surface area contributed by atoms with Crippen molar-refractivity contribution < 1.29 is 10.0 Å². The highest BCUT2D eigenvalue weighted by Crippen LogP contribution is 2.30. The highest BCUT2D eigenvalue weighted by Gasteiger charge is 2.40. The van der Waals surface area contributed by atoms with Crippen LogP contribution in [0.25, 0.3) is 0 Å². The molecular weight excluding hydrogens is 218 g/mol. The van der Waals surface area contributed by atoms with Gasteiger partial charge in [-0.25, -0.2) is 0 Å². The Bertz CT molecular complexity index is 307. The fraction of sp³-hybridized carbons (Fsp3) is 0.833. The van der Waals surface area contributed by atoms with Crippen LogP contribution in [0.1, 0.15) is 46.5 Å². The largest absolute Gasteiger partial charge is 0.409 e. The fourth-order valence-corrected chi connectivity index (χ4v) is 2.17. The zero-order valence-corrected chi connectivity index (χ0v) is 10.9. The van der Waals surface area contributed by atoms with E-state index in [-0.39, 0.29) is 23.6 Å². The Kier molecular flexibility index (Phi) is 4.37. The van der Waals surface area contributed by atoms with E-state index in [0.717, 1.165) is 25.7 Å². The van der Waals surface area contributed by atoms with Crippen LogP contribution in [0.3, 0.4) is 0 Å². The van der Waals surface area contributed by atoms with Gasteiger partial charge in [0.1, 0.15) is 5.54 Å². The minimum Gasteiger partial charge on any atom is -0.409 e. The number of amides is 1. The third kappa shape index (κ3) is 2.90. The second-order valence-corrected chi connectivity index (χ2v) is 5.30. The van der Waals surface area contributed by atoms with Gasteiger partial charge in [0.05, 0.1) is 0 Å². The van der Waals surface area contributed by atoms with Gasteiger partial charge in [-0.1, -0.05) is 38.8 Å². The molecule has 1 fully saturated rings. The van der Waals surface area contributed by atoms with Crippen LogP contribution in [-0.4, -0.2) is 22.5 Å². The van der Waals surface area contributed by atoms with E-state index in [9.17, 15) is 4.79 Å². The molecule has 5 nitrogen and oxygen atoms in total. The molecule has 0 bridgehead atoms. The van der Waals surface area contributed by atoms with E-state index in [1.54, 1.807) is 0 Å². The number of rotatable bonds is 4. The van der Waals surface area contributed by atoms with Gasteiger partial charge in [0.2, 0.25) is 5.91 Å². The highest BCUT2D eigenvalue weighted by molar-refractivity contribution is 5.94. The Morgan fingerprint density at radius 2 is 1.88 bits per heavy atom. The smallest absolute Gasteiger partial charge is 0.223 e. The molecule has 0 aliphatic heterocycles. The molecule has 0 heterocycles. The minimum absolute atomic E-state index is 0.0199. The van der Waals surface area contributed by atoms with Crippen molar-refractivity contribution in [2.75, 3.05) is 0 Å². The SMILES string of the molecule is CC(C)C(C)C(=O)NC1(C(N)=NO)CCCC1. The Morgan fingerprint density at radius 3 is 2.29 bits per heavy atom. The third-order valence-corrected chi connectivity index (χ3v) is 3.83. The fourth-order valence-electron chi connectivity index (χ4n) is 2.17. The molecule has 17 heavy (non-hydrogen) atoms. The number of hydrogen-bond donors (Lipinski definition) is 3. The quantitative estimate of drug-likeness (QED) is 0.301. The molecule has 0 radical (unpaired) electrons. The second kappa shape index (κ2) is 5.38. The topological polar surface area (TPSA) is 87.7 Å². The molecule has 1 aliphatic carbocycles. The van der Waals surface area contributed by atoms with Gasteiger partial charge >= 0.3 is 0 Å². The Hall–Kier alpha value is -1.26. The van der Waals surface area contributed by atoms with Gasteiger partial charge in [0, 0.05) is 5.92 Å². The van der Waals surface area contributed by atoms with Crippen LogP contribution in [0.15, 0.2) is 5.16 Å². The molecule has 1 rings (SSSR count). The van der Waals surface area contributed by atoms with E-state index >= 15 is 0 Å². The summed E-state index contributed by atoms with van der Waals surface area (Å²) in [5.41, 5.74) is 5.09. The van der Waals surface area contributed by atoms with Gasteiger partial charge in [-0.05, 0) is 18.8 Å². The number of carbonyl (C=O) groups is 1. The van der Waals surface area contributed by atoms with Gasteiger partial charge in [0.15, 0.2) is 5.84 Å². The lowest BCUT2D eigenvalue weighted by Gasteiger charge is -2.30. The van der Waals surface area contributed by atoms with Crippen LogP contribution in [0.5, 0.6) is 0 Å². The number of oxime groups is 1. The molecule has 5 heteroatoms. The van der Waals surface area contributed by atoms with Crippen LogP contribution in [0.2, 0.25) is 0 Å². The van der Waals surface area contributed by atoms with Gasteiger partial charge < -0.3 is 16.3 Å². The predicted molar refractivity (Wildman–Crippen MR) is 66.8 cm³/mol. The zero-order valence-electron chi connectivity index (χ0n) is 10.9. The van der Waals surface area contributed by atoms with E-state index in [0.29, 0.717) is 0 Å². The number of nitrogens with one attached hydrogen (secondary N) is 1. The van der Waals surface area contributed by atoms with Gasteiger partial charge in [-0.15, -0.1) is 0 Å². The van der Waals surface area contributed by atoms with Crippen molar-refractivity contribution in [3.8, 4) is 0 Å². The molecule has 0 aromatic carbocycles. The number of nitrogens with zero attached hydrogens (tertiary/aromatic N) is 1. The molecule has 1 amide bonds. The van der Waals surface area contributed by atoms with Crippen LogP contribution >= 0.6 is 0 Å². The summed E-state index contributed by atoms with van der Waals surface area (Å²) in [5, 5.41) is 14.9. The maximum absolute atomic E-state index is 12.1. The van der Waals surface area contributed by atoms with Crippen molar-refractivity contribution in [3.63, 3.8) is 0 Å². The van der Waals surface area contributed by atoms with Gasteiger partial charge in [-0.2, -0.15) is 0 Å². The minimum atomic E-state index is -0.630. The summed E-state index contributed by atoms with van der Waals surface area (Å²) in [5.74, 6) is 0.313. The first kappa shape index (κ1) is 13.8. The molecule has 0 aromatic heterocycles.